The number of aromatic hydroxyl groups is 1. The van der Waals surface area contributed by atoms with Crippen molar-refractivity contribution >= 4 is 11.9 Å². The van der Waals surface area contributed by atoms with Crippen LogP contribution in [0.2, 0.25) is 0 Å². The van der Waals surface area contributed by atoms with Crippen molar-refractivity contribution in [1.29, 1.82) is 0 Å². The summed E-state index contributed by atoms with van der Waals surface area (Å²) in [6.07, 6.45) is 1.75. The van der Waals surface area contributed by atoms with E-state index in [1.54, 1.807) is 13.8 Å². The molecule has 2 rings (SSSR count). The van der Waals surface area contributed by atoms with Gasteiger partial charge in [-0.25, -0.2) is 4.79 Å². The minimum atomic E-state index is -1.16. The first kappa shape index (κ1) is 20.0. The smallest absolute Gasteiger partial charge is 0.326 e. The minimum Gasteiger partial charge on any atom is -0.507 e. The summed E-state index contributed by atoms with van der Waals surface area (Å²) < 4.78 is 6.07. The van der Waals surface area contributed by atoms with Gasteiger partial charge in [0.2, 0.25) is 0 Å². The highest BCUT2D eigenvalue weighted by Gasteiger charge is 2.42. The third kappa shape index (κ3) is 3.62. The highest BCUT2D eigenvalue weighted by Crippen LogP contribution is 2.43. The number of carboxylic acids is 1. The van der Waals surface area contributed by atoms with Crippen molar-refractivity contribution in [3.05, 3.63) is 22.3 Å². The Labute approximate surface area is 153 Å². The van der Waals surface area contributed by atoms with E-state index in [0.717, 1.165) is 22.3 Å². The van der Waals surface area contributed by atoms with E-state index >= 15 is 0 Å². The van der Waals surface area contributed by atoms with Gasteiger partial charge in [0.15, 0.2) is 5.60 Å². The fraction of sp³-hybridized carbons (Fsp3) is 0.579. The molecular formula is C19H28N2O5. The van der Waals surface area contributed by atoms with Gasteiger partial charge in [0.05, 0.1) is 0 Å². The second kappa shape index (κ2) is 7.53. The quantitative estimate of drug-likeness (QED) is 0.610. The van der Waals surface area contributed by atoms with Crippen LogP contribution in [0.25, 0.3) is 0 Å². The number of rotatable bonds is 6. The van der Waals surface area contributed by atoms with Crippen molar-refractivity contribution in [2.75, 3.05) is 6.54 Å². The summed E-state index contributed by atoms with van der Waals surface area (Å²) in [5, 5.41) is 22.1. The van der Waals surface area contributed by atoms with Gasteiger partial charge in [0.1, 0.15) is 17.5 Å². The molecule has 1 heterocycles. The summed E-state index contributed by atoms with van der Waals surface area (Å²) in [4.78, 5) is 24.2. The van der Waals surface area contributed by atoms with Crippen LogP contribution in [0.1, 0.15) is 48.4 Å². The standard InChI is InChI=1S/C19H28N2O5/c1-10-11(2)16-13(12(3)15(10)22)7-8-19(4,26-16)18(25)21-14(17(23)24)6-5-9-20/h14,22H,5-9,20H2,1-4H3,(H,21,25)(H,23,24). The molecule has 1 aliphatic rings. The second-order valence-corrected chi connectivity index (χ2v) is 7.16. The van der Waals surface area contributed by atoms with E-state index in [1.165, 1.54) is 0 Å². The van der Waals surface area contributed by atoms with Crippen molar-refractivity contribution < 1.29 is 24.5 Å². The van der Waals surface area contributed by atoms with E-state index in [1.807, 2.05) is 13.8 Å². The zero-order valence-corrected chi connectivity index (χ0v) is 15.8. The predicted octanol–water partition coefficient (Wildman–Crippen LogP) is 1.71. The van der Waals surface area contributed by atoms with Crippen LogP contribution >= 0.6 is 0 Å². The van der Waals surface area contributed by atoms with Crippen LogP contribution in [0.5, 0.6) is 11.5 Å². The van der Waals surface area contributed by atoms with Gasteiger partial charge in [-0.1, -0.05) is 0 Å². The molecule has 144 valence electrons. The molecule has 2 unspecified atom stereocenters. The van der Waals surface area contributed by atoms with E-state index in [-0.39, 0.29) is 12.2 Å². The summed E-state index contributed by atoms with van der Waals surface area (Å²) in [6.45, 7) is 7.52. The summed E-state index contributed by atoms with van der Waals surface area (Å²) in [6, 6.07) is -0.989. The molecule has 7 nitrogen and oxygen atoms in total. The minimum absolute atomic E-state index is 0.255. The number of hydrogen-bond acceptors (Lipinski definition) is 5. The molecule has 0 aliphatic carbocycles. The van der Waals surface area contributed by atoms with Gasteiger partial charge in [0.25, 0.3) is 5.91 Å². The number of fused-ring (bicyclic) bond motifs is 1. The maximum absolute atomic E-state index is 12.8. The highest BCUT2D eigenvalue weighted by atomic mass is 16.5. The van der Waals surface area contributed by atoms with E-state index in [4.69, 9.17) is 10.5 Å². The number of nitrogens with one attached hydrogen (secondary N) is 1. The van der Waals surface area contributed by atoms with Crippen molar-refractivity contribution in [2.24, 2.45) is 5.73 Å². The molecule has 0 radical (unpaired) electrons. The monoisotopic (exact) mass is 364 g/mol. The van der Waals surface area contributed by atoms with Gasteiger partial charge in [-0.2, -0.15) is 0 Å². The van der Waals surface area contributed by atoms with Gasteiger partial charge >= 0.3 is 5.97 Å². The summed E-state index contributed by atoms with van der Waals surface area (Å²) in [5.74, 6) is -0.670. The lowest BCUT2D eigenvalue weighted by Crippen LogP contribution is -2.55. The molecule has 0 aromatic heterocycles. The second-order valence-electron chi connectivity index (χ2n) is 7.16. The van der Waals surface area contributed by atoms with Crippen LogP contribution in [0.4, 0.5) is 0 Å². The number of carbonyl (C=O) groups is 2. The number of amides is 1. The molecule has 1 amide bonds. The highest BCUT2D eigenvalue weighted by molar-refractivity contribution is 5.89. The zero-order valence-electron chi connectivity index (χ0n) is 15.8. The Kier molecular flexibility index (Phi) is 5.81. The largest absolute Gasteiger partial charge is 0.507 e. The molecule has 2 atom stereocenters. The molecule has 1 aromatic rings. The molecular weight excluding hydrogens is 336 g/mol. The van der Waals surface area contributed by atoms with Crippen LogP contribution in [0.3, 0.4) is 0 Å². The lowest BCUT2D eigenvalue weighted by molar-refractivity contribution is -0.146. The lowest BCUT2D eigenvalue weighted by Gasteiger charge is -2.37. The van der Waals surface area contributed by atoms with Crippen molar-refractivity contribution in [3.8, 4) is 11.5 Å². The van der Waals surface area contributed by atoms with Crippen LogP contribution < -0.4 is 15.8 Å². The third-order valence-corrected chi connectivity index (χ3v) is 5.30. The van der Waals surface area contributed by atoms with Crippen molar-refractivity contribution in [1.82, 2.24) is 5.32 Å². The number of ether oxygens (including phenoxy) is 1. The Hall–Kier alpha value is -2.28. The molecule has 26 heavy (non-hydrogen) atoms. The van der Waals surface area contributed by atoms with Crippen molar-refractivity contribution in [3.63, 3.8) is 0 Å². The first-order chi connectivity index (χ1) is 12.1. The topological polar surface area (TPSA) is 122 Å². The Morgan fingerprint density at radius 3 is 2.50 bits per heavy atom. The van der Waals surface area contributed by atoms with Gasteiger partial charge in [-0.15, -0.1) is 0 Å². The van der Waals surface area contributed by atoms with Gasteiger partial charge in [-0.05, 0) is 70.2 Å². The van der Waals surface area contributed by atoms with E-state index in [0.29, 0.717) is 31.6 Å². The molecule has 0 spiro atoms. The number of nitrogens with two attached hydrogens (primary N) is 1. The van der Waals surface area contributed by atoms with Crippen LogP contribution in [0, 0.1) is 20.8 Å². The molecule has 0 saturated heterocycles. The fourth-order valence-electron chi connectivity index (χ4n) is 3.30. The Morgan fingerprint density at radius 2 is 1.92 bits per heavy atom. The normalized spacial score (nSPS) is 20.0. The van der Waals surface area contributed by atoms with Crippen LogP contribution in [-0.2, 0) is 16.0 Å². The van der Waals surface area contributed by atoms with Gasteiger partial charge in [-0.3, -0.25) is 4.79 Å². The number of hydrogen-bond donors (Lipinski definition) is 4. The maximum atomic E-state index is 12.8. The van der Waals surface area contributed by atoms with E-state index in [9.17, 15) is 19.8 Å². The number of benzene rings is 1. The predicted molar refractivity (Wildman–Crippen MR) is 97.5 cm³/mol. The number of phenolic OH excluding ortho intramolecular Hbond substituents is 1. The van der Waals surface area contributed by atoms with E-state index < -0.39 is 23.5 Å². The molecule has 0 bridgehead atoms. The molecule has 0 fully saturated rings. The third-order valence-electron chi connectivity index (χ3n) is 5.30. The molecule has 5 N–H and O–H groups in total. The number of carboxylic acid groups (broad SMARTS) is 1. The van der Waals surface area contributed by atoms with Crippen LogP contribution in [-0.4, -0.2) is 40.3 Å². The molecule has 1 aliphatic heterocycles. The first-order valence-corrected chi connectivity index (χ1v) is 8.86. The number of phenols is 1. The summed E-state index contributed by atoms with van der Waals surface area (Å²) in [5.41, 5.74) is 7.44. The Bertz CT molecular complexity index is 731. The maximum Gasteiger partial charge on any atom is 0.326 e. The van der Waals surface area contributed by atoms with Gasteiger partial charge in [0, 0.05) is 12.0 Å². The number of aliphatic carboxylic acids is 1. The van der Waals surface area contributed by atoms with Gasteiger partial charge < -0.3 is 26.0 Å². The molecule has 7 heteroatoms. The average molecular weight is 364 g/mol. The first-order valence-electron chi connectivity index (χ1n) is 8.86. The number of carbonyl (C=O) groups excluding carboxylic acids is 1. The molecule has 0 saturated carbocycles. The Morgan fingerprint density at radius 1 is 1.27 bits per heavy atom. The zero-order chi connectivity index (χ0) is 19.6. The molecule has 1 aromatic carbocycles. The van der Waals surface area contributed by atoms with Crippen molar-refractivity contribution in [2.45, 2.75) is 65.0 Å². The summed E-state index contributed by atoms with van der Waals surface area (Å²) in [7, 11) is 0. The lowest BCUT2D eigenvalue weighted by atomic mass is 9.86. The SMILES string of the molecule is Cc1c(C)c2c(c(C)c1O)CCC(C)(C(=O)NC(CCCN)C(=O)O)O2. The fourth-order valence-corrected chi connectivity index (χ4v) is 3.30. The van der Waals surface area contributed by atoms with Crippen LogP contribution in [0.15, 0.2) is 0 Å². The summed E-state index contributed by atoms with van der Waals surface area (Å²) >= 11 is 0. The average Bonchev–Trinajstić information content (AvgIpc) is 2.61. The van der Waals surface area contributed by atoms with E-state index in [2.05, 4.69) is 5.32 Å². The Balaban J connectivity index is 2.27.